The van der Waals surface area contributed by atoms with E-state index in [-0.39, 0.29) is 11.2 Å². The second kappa shape index (κ2) is 5.82. The van der Waals surface area contributed by atoms with E-state index in [1.165, 1.54) is 17.4 Å². The Morgan fingerprint density at radius 2 is 1.96 bits per heavy atom. The van der Waals surface area contributed by atoms with Gasteiger partial charge in [0.05, 0.1) is 15.6 Å². The van der Waals surface area contributed by atoms with Gasteiger partial charge in [-0.25, -0.2) is 4.98 Å². The average Bonchev–Trinajstić information content (AvgIpc) is 3.01. The number of nitrogens with zero attached hydrogens (tertiary/aromatic N) is 1. The number of fused-ring (bicyclic) bond motifs is 2. The summed E-state index contributed by atoms with van der Waals surface area (Å²) in [4.78, 5) is 29.1. The molecule has 2 aromatic heterocycles. The quantitative estimate of drug-likeness (QED) is 0.586. The van der Waals surface area contributed by atoms with Gasteiger partial charge in [0.2, 0.25) is 0 Å². The van der Waals surface area contributed by atoms with Crippen LogP contribution in [0.15, 0.2) is 51.7 Å². The Hall–Kier alpha value is -2.99. The van der Waals surface area contributed by atoms with Crippen molar-refractivity contribution in [2.45, 2.75) is 13.8 Å². The molecule has 0 aliphatic rings. The van der Waals surface area contributed by atoms with E-state index in [0.29, 0.717) is 16.1 Å². The summed E-state index contributed by atoms with van der Waals surface area (Å²) in [6.45, 7) is 4.03. The van der Waals surface area contributed by atoms with Crippen molar-refractivity contribution in [3.63, 3.8) is 0 Å². The van der Waals surface area contributed by atoms with E-state index in [1.807, 2.05) is 26.0 Å². The summed E-state index contributed by atoms with van der Waals surface area (Å²) in [5.74, 6) is -0.521. The van der Waals surface area contributed by atoms with Crippen LogP contribution in [0.5, 0.6) is 0 Å². The maximum Gasteiger partial charge on any atom is 0.293 e. The van der Waals surface area contributed by atoms with Crippen LogP contribution in [0.3, 0.4) is 0 Å². The van der Waals surface area contributed by atoms with Crippen LogP contribution in [-0.4, -0.2) is 10.9 Å². The lowest BCUT2D eigenvalue weighted by atomic mass is 10.1. The second-order valence-electron chi connectivity index (χ2n) is 5.80. The molecular weight excluding hydrogens is 336 g/mol. The summed E-state index contributed by atoms with van der Waals surface area (Å²) in [6, 6.07) is 12.1. The zero-order chi connectivity index (χ0) is 17.6. The van der Waals surface area contributed by atoms with Crippen molar-refractivity contribution in [3.05, 3.63) is 69.6 Å². The fourth-order valence-corrected chi connectivity index (χ4v) is 3.57. The highest BCUT2D eigenvalue weighted by molar-refractivity contribution is 7.22. The fraction of sp³-hybridized carbons (Fsp3) is 0.105. The molecule has 0 bridgehead atoms. The summed E-state index contributed by atoms with van der Waals surface area (Å²) in [5, 5.41) is 3.65. The largest absolute Gasteiger partial charge is 0.451 e. The van der Waals surface area contributed by atoms with E-state index in [0.717, 1.165) is 21.3 Å². The molecule has 0 atom stereocenters. The molecular formula is C19H14N2O3S. The molecule has 1 amide bonds. The third-order valence-corrected chi connectivity index (χ3v) is 5.10. The van der Waals surface area contributed by atoms with Gasteiger partial charge in [0.1, 0.15) is 5.58 Å². The van der Waals surface area contributed by atoms with Crippen molar-refractivity contribution in [1.82, 2.24) is 4.98 Å². The summed E-state index contributed by atoms with van der Waals surface area (Å²) in [6.07, 6.45) is 0. The first-order valence-corrected chi connectivity index (χ1v) is 8.55. The molecule has 2 aromatic carbocycles. The number of hydrogen-bond donors (Lipinski definition) is 1. The standard InChI is InChI=1S/C19H14N2O3S/c1-10-7-8-16-17(11(10)2)20-19(25-16)21-18(23)15-9-13(22)12-5-3-4-6-14(12)24-15/h3-9H,1-2H3,(H,20,21,23). The van der Waals surface area contributed by atoms with Crippen LogP contribution in [0.1, 0.15) is 21.7 Å². The Labute approximate surface area is 146 Å². The van der Waals surface area contributed by atoms with Crippen LogP contribution in [0, 0.1) is 13.8 Å². The van der Waals surface area contributed by atoms with Crippen molar-refractivity contribution in [2.24, 2.45) is 0 Å². The van der Waals surface area contributed by atoms with E-state index in [1.54, 1.807) is 24.3 Å². The minimum Gasteiger partial charge on any atom is -0.451 e. The molecule has 4 rings (SSSR count). The number of thiazole rings is 1. The van der Waals surface area contributed by atoms with E-state index in [2.05, 4.69) is 10.3 Å². The molecule has 6 heteroatoms. The monoisotopic (exact) mass is 350 g/mol. The normalized spacial score (nSPS) is 11.1. The number of hydrogen-bond acceptors (Lipinski definition) is 5. The summed E-state index contributed by atoms with van der Waals surface area (Å²) in [7, 11) is 0. The van der Waals surface area contributed by atoms with Gasteiger partial charge in [-0.1, -0.05) is 29.5 Å². The maximum atomic E-state index is 12.5. The number of aromatic nitrogens is 1. The third kappa shape index (κ3) is 2.70. The molecule has 0 radical (unpaired) electrons. The number of para-hydroxylation sites is 1. The summed E-state index contributed by atoms with van der Waals surface area (Å²) >= 11 is 1.39. The predicted molar refractivity (Wildman–Crippen MR) is 99.5 cm³/mol. The van der Waals surface area contributed by atoms with Crippen molar-refractivity contribution >= 4 is 43.6 Å². The molecule has 0 spiro atoms. The van der Waals surface area contributed by atoms with Crippen molar-refractivity contribution in [1.29, 1.82) is 0 Å². The Bertz CT molecular complexity index is 1190. The Balaban J connectivity index is 1.70. The number of rotatable bonds is 2. The first-order valence-electron chi connectivity index (χ1n) is 7.74. The number of carbonyl (C=O) groups is 1. The number of benzene rings is 2. The van der Waals surface area contributed by atoms with Crippen LogP contribution in [0.25, 0.3) is 21.2 Å². The molecule has 25 heavy (non-hydrogen) atoms. The highest BCUT2D eigenvalue weighted by atomic mass is 32.1. The second-order valence-corrected chi connectivity index (χ2v) is 6.83. The number of aryl methyl sites for hydroxylation is 2. The van der Waals surface area contributed by atoms with Crippen LogP contribution in [0.2, 0.25) is 0 Å². The first kappa shape index (κ1) is 15.5. The van der Waals surface area contributed by atoms with E-state index < -0.39 is 5.91 Å². The van der Waals surface area contributed by atoms with Gasteiger partial charge in [-0.3, -0.25) is 14.9 Å². The van der Waals surface area contributed by atoms with Gasteiger partial charge in [-0.15, -0.1) is 0 Å². The minimum atomic E-state index is -0.490. The van der Waals surface area contributed by atoms with E-state index >= 15 is 0 Å². The molecule has 124 valence electrons. The number of anilines is 1. The maximum absolute atomic E-state index is 12.5. The Morgan fingerprint density at radius 3 is 2.80 bits per heavy atom. The number of nitrogens with one attached hydrogen (secondary N) is 1. The smallest absolute Gasteiger partial charge is 0.293 e. The van der Waals surface area contributed by atoms with Gasteiger partial charge in [0.25, 0.3) is 5.91 Å². The Morgan fingerprint density at radius 1 is 1.16 bits per heavy atom. The molecule has 5 nitrogen and oxygen atoms in total. The molecule has 2 heterocycles. The first-order chi connectivity index (χ1) is 12.0. The van der Waals surface area contributed by atoms with E-state index in [9.17, 15) is 9.59 Å². The highest BCUT2D eigenvalue weighted by Crippen LogP contribution is 2.29. The van der Waals surface area contributed by atoms with Crippen LogP contribution >= 0.6 is 11.3 Å². The lowest BCUT2D eigenvalue weighted by molar-refractivity contribution is 0.0997. The van der Waals surface area contributed by atoms with Gasteiger partial charge in [-0.2, -0.15) is 0 Å². The predicted octanol–water partition coefficient (Wildman–Crippen LogP) is 4.27. The van der Waals surface area contributed by atoms with Crippen molar-refractivity contribution in [3.8, 4) is 0 Å². The number of amides is 1. The molecule has 4 aromatic rings. The molecule has 0 fully saturated rings. The van der Waals surface area contributed by atoms with Gasteiger partial charge in [-0.05, 0) is 43.2 Å². The molecule has 0 aliphatic heterocycles. The van der Waals surface area contributed by atoms with Gasteiger partial charge >= 0.3 is 0 Å². The molecule has 0 aliphatic carbocycles. The zero-order valence-electron chi connectivity index (χ0n) is 13.6. The Kier molecular flexibility index (Phi) is 3.62. The van der Waals surface area contributed by atoms with Crippen molar-refractivity contribution < 1.29 is 9.21 Å². The number of carbonyl (C=O) groups excluding carboxylic acids is 1. The van der Waals surface area contributed by atoms with Gasteiger partial charge in [0, 0.05) is 6.07 Å². The molecule has 0 saturated heterocycles. The molecule has 0 unspecified atom stereocenters. The van der Waals surface area contributed by atoms with E-state index in [4.69, 9.17) is 4.42 Å². The van der Waals surface area contributed by atoms with Gasteiger partial charge in [0.15, 0.2) is 16.3 Å². The summed E-state index contributed by atoms with van der Waals surface area (Å²) < 4.78 is 6.56. The lowest BCUT2D eigenvalue weighted by Gasteiger charge is -2.02. The van der Waals surface area contributed by atoms with Gasteiger partial charge < -0.3 is 4.42 Å². The SMILES string of the molecule is Cc1ccc2sc(NC(=O)c3cc(=O)c4ccccc4o3)nc2c1C. The van der Waals surface area contributed by atoms with Crippen molar-refractivity contribution in [2.75, 3.05) is 5.32 Å². The van der Waals surface area contributed by atoms with Crippen LogP contribution in [0.4, 0.5) is 5.13 Å². The topological polar surface area (TPSA) is 72.2 Å². The van der Waals surface area contributed by atoms with Crippen LogP contribution < -0.4 is 10.7 Å². The average molecular weight is 350 g/mol. The lowest BCUT2D eigenvalue weighted by Crippen LogP contribution is -2.14. The summed E-state index contributed by atoms with van der Waals surface area (Å²) in [5.41, 5.74) is 3.25. The fourth-order valence-electron chi connectivity index (χ4n) is 2.65. The highest BCUT2D eigenvalue weighted by Gasteiger charge is 2.15. The zero-order valence-corrected chi connectivity index (χ0v) is 14.4. The third-order valence-electron chi connectivity index (χ3n) is 4.16. The molecule has 1 N–H and O–H groups in total. The minimum absolute atomic E-state index is 0.0316. The molecule has 0 saturated carbocycles. The van der Waals surface area contributed by atoms with Crippen LogP contribution in [-0.2, 0) is 0 Å².